The Morgan fingerprint density at radius 3 is 2.48 bits per heavy atom. The number of halogens is 2. The number of hydrogen-bond donors (Lipinski definition) is 1. The van der Waals surface area contributed by atoms with Gasteiger partial charge in [0.1, 0.15) is 5.00 Å². The fourth-order valence-corrected chi connectivity index (χ4v) is 5.71. The summed E-state index contributed by atoms with van der Waals surface area (Å²) in [6, 6.07) is 4.90. The molecule has 29 heavy (non-hydrogen) atoms. The number of carbonyl (C=O) groups is 2. The molecule has 1 unspecified atom stereocenters. The van der Waals surface area contributed by atoms with Crippen LogP contribution in [0.2, 0.25) is 10.0 Å². The highest BCUT2D eigenvalue weighted by Gasteiger charge is 2.35. The van der Waals surface area contributed by atoms with E-state index in [0.717, 1.165) is 36.1 Å². The highest BCUT2D eigenvalue weighted by molar-refractivity contribution is 7.17. The number of amides is 1. The number of rotatable bonds is 5. The second-order valence-electron chi connectivity index (χ2n) is 8.03. The van der Waals surface area contributed by atoms with Crippen molar-refractivity contribution in [1.29, 1.82) is 0 Å². The maximum Gasteiger partial charge on any atom is 0.341 e. The minimum atomic E-state index is -0.435. The number of thiophene rings is 1. The first-order valence-corrected chi connectivity index (χ1v) is 11.2. The number of methoxy groups -OCH3 is 1. The molecule has 0 bridgehead atoms. The Balaban J connectivity index is 1.98. The number of ether oxygens (including phenoxy) is 1. The number of fused-ring (bicyclic) bond motifs is 1. The fraction of sp³-hybridized carbons (Fsp3) is 0.455. The third-order valence-corrected chi connectivity index (χ3v) is 7.89. The number of carbonyl (C=O) groups excluding carboxylic acids is 2. The van der Waals surface area contributed by atoms with Crippen LogP contribution in [0.25, 0.3) is 0 Å². The summed E-state index contributed by atoms with van der Waals surface area (Å²) >= 11 is 13.8. The van der Waals surface area contributed by atoms with E-state index in [1.807, 2.05) is 0 Å². The van der Waals surface area contributed by atoms with Crippen molar-refractivity contribution in [3.05, 3.63) is 49.8 Å². The lowest BCUT2D eigenvalue weighted by molar-refractivity contribution is 0.0600. The molecule has 0 radical (unpaired) electrons. The molecule has 0 spiro atoms. The molecule has 1 aliphatic rings. The normalized spacial score (nSPS) is 16.3. The Morgan fingerprint density at radius 2 is 1.90 bits per heavy atom. The molecule has 1 aromatic heterocycles. The van der Waals surface area contributed by atoms with Crippen molar-refractivity contribution in [3.8, 4) is 0 Å². The van der Waals surface area contributed by atoms with Crippen molar-refractivity contribution in [2.75, 3.05) is 12.4 Å². The number of benzene rings is 1. The van der Waals surface area contributed by atoms with Gasteiger partial charge in [0.25, 0.3) is 5.91 Å². The molecule has 1 N–H and O–H groups in total. The van der Waals surface area contributed by atoms with Gasteiger partial charge in [-0.2, -0.15) is 0 Å². The first-order valence-electron chi connectivity index (χ1n) is 9.67. The predicted molar refractivity (Wildman–Crippen MR) is 120 cm³/mol. The monoisotopic (exact) mass is 453 g/mol. The number of hydrogen-bond acceptors (Lipinski definition) is 4. The Morgan fingerprint density at radius 1 is 1.24 bits per heavy atom. The zero-order valence-corrected chi connectivity index (χ0v) is 19.4. The summed E-state index contributed by atoms with van der Waals surface area (Å²) in [5.74, 6) is -0.336. The van der Waals surface area contributed by atoms with Crippen LogP contribution in [0.3, 0.4) is 0 Å². The van der Waals surface area contributed by atoms with E-state index in [9.17, 15) is 9.59 Å². The predicted octanol–water partition coefficient (Wildman–Crippen LogP) is 6.63. The third-order valence-electron chi connectivity index (χ3n) is 6.09. The van der Waals surface area contributed by atoms with Crippen LogP contribution in [0.1, 0.15) is 64.8 Å². The Bertz CT molecular complexity index is 932. The lowest BCUT2D eigenvalue weighted by atomic mass is 9.69. The topological polar surface area (TPSA) is 55.4 Å². The SMILES string of the molecule is CCC(C)(C)C1CCc2c(sc(NC(=O)c3c(Cl)cccc3Cl)c2C(=O)OC)C1. The molecule has 1 heterocycles. The van der Waals surface area contributed by atoms with Crippen molar-refractivity contribution < 1.29 is 14.3 Å². The maximum atomic E-state index is 12.9. The van der Waals surface area contributed by atoms with Crippen LogP contribution >= 0.6 is 34.5 Å². The Labute approximate surface area is 185 Å². The molecule has 7 heteroatoms. The van der Waals surface area contributed by atoms with E-state index in [1.54, 1.807) is 18.2 Å². The Hall–Kier alpha value is -1.56. The Kier molecular flexibility index (Phi) is 6.61. The van der Waals surface area contributed by atoms with Crippen molar-refractivity contribution in [1.82, 2.24) is 0 Å². The molecular weight excluding hydrogens is 429 g/mol. The molecule has 0 fully saturated rings. The van der Waals surface area contributed by atoms with E-state index >= 15 is 0 Å². The van der Waals surface area contributed by atoms with E-state index in [1.165, 1.54) is 18.4 Å². The van der Waals surface area contributed by atoms with E-state index in [-0.39, 0.29) is 21.0 Å². The fourth-order valence-electron chi connectivity index (χ4n) is 3.83. The lowest BCUT2D eigenvalue weighted by Gasteiger charge is -2.36. The first-order chi connectivity index (χ1) is 13.7. The van der Waals surface area contributed by atoms with Crippen LogP contribution in [0.15, 0.2) is 18.2 Å². The molecule has 1 aliphatic carbocycles. The van der Waals surface area contributed by atoms with E-state index < -0.39 is 11.9 Å². The summed E-state index contributed by atoms with van der Waals surface area (Å²) < 4.78 is 5.02. The smallest absolute Gasteiger partial charge is 0.341 e. The van der Waals surface area contributed by atoms with Crippen LogP contribution in [-0.4, -0.2) is 19.0 Å². The molecule has 0 saturated carbocycles. The third kappa shape index (κ3) is 4.32. The lowest BCUT2D eigenvalue weighted by Crippen LogP contribution is -2.28. The molecule has 0 saturated heterocycles. The second kappa shape index (κ2) is 8.66. The molecule has 0 aliphatic heterocycles. The van der Waals surface area contributed by atoms with Gasteiger partial charge < -0.3 is 10.1 Å². The van der Waals surface area contributed by atoms with Crippen molar-refractivity contribution in [2.24, 2.45) is 11.3 Å². The summed E-state index contributed by atoms with van der Waals surface area (Å²) in [6.07, 6.45) is 3.80. The highest BCUT2D eigenvalue weighted by Crippen LogP contribution is 2.45. The van der Waals surface area contributed by atoms with Gasteiger partial charge >= 0.3 is 5.97 Å². The molecule has 156 valence electrons. The van der Waals surface area contributed by atoms with Gasteiger partial charge in [-0.05, 0) is 48.3 Å². The van der Waals surface area contributed by atoms with E-state index in [2.05, 4.69) is 26.1 Å². The van der Waals surface area contributed by atoms with Gasteiger partial charge in [-0.15, -0.1) is 11.3 Å². The van der Waals surface area contributed by atoms with Gasteiger partial charge in [0.2, 0.25) is 0 Å². The van der Waals surface area contributed by atoms with Gasteiger partial charge in [-0.1, -0.05) is 56.5 Å². The van der Waals surface area contributed by atoms with Crippen LogP contribution in [-0.2, 0) is 17.6 Å². The van der Waals surface area contributed by atoms with Crippen LogP contribution in [0.4, 0.5) is 5.00 Å². The van der Waals surface area contributed by atoms with Gasteiger partial charge in [0.05, 0.1) is 28.3 Å². The summed E-state index contributed by atoms with van der Waals surface area (Å²) in [4.78, 5) is 26.6. The highest BCUT2D eigenvalue weighted by atomic mass is 35.5. The first kappa shape index (κ1) is 22.1. The van der Waals surface area contributed by atoms with Gasteiger partial charge in [-0.25, -0.2) is 4.79 Å². The average Bonchev–Trinajstić information content (AvgIpc) is 3.04. The van der Waals surface area contributed by atoms with Crippen molar-refractivity contribution >= 4 is 51.4 Å². The zero-order valence-electron chi connectivity index (χ0n) is 17.0. The number of nitrogens with one attached hydrogen (secondary N) is 1. The summed E-state index contributed by atoms with van der Waals surface area (Å²) in [6.45, 7) is 6.79. The average molecular weight is 454 g/mol. The molecule has 1 aromatic carbocycles. The largest absolute Gasteiger partial charge is 0.465 e. The number of esters is 1. The molecule has 4 nitrogen and oxygen atoms in total. The van der Waals surface area contributed by atoms with E-state index in [0.29, 0.717) is 16.5 Å². The standard InChI is InChI=1S/C22H25Cl2NO3S/c1-5-22(2,3)12-9-10-13-16(11-12)29-20(17(13)21(27)28-4)25-19(26)18-14(23)7-6-8-15(18)24/h6-8,12H,5,9-11H2,1-4H3,(H,25,26). The summed E-state index contributed by atoms with van der Waals surface area (Å²) in [5.41, 5.74) is 1.87. The van der Waals surface area contributed by atoms with Gasteiger partial charge in [-0.3, -0.25) is 4.79 Å². The molecular formula is C22H25Cl2NO3S. The molecule has 1 amide bonds. The minimum Gasteiger partial charge on any atom is -0.465 e. The molecule has 1 atom stereocenters. The molecule has 2 aromatic rings. The minimum absolute atomic E-state index is 0.197. The van der Waals surface area contributed by atoms with E-state index in [4.69, 9.17) is 27.9 Å². The van der Waals surface area contributed by atoms with Crippen LogP contribution in [0.5, 0.6) is 0 Å². The van der Waals surface area contributed by atoms with Crippen molar-refractivity contribution in [2.45, 2.75) is 46.5 Å². The zero-order chi connectivity index (χ0) is 21.3. The van der Waals surface area contributed by atoms with Gasteiger partial charge in [0.15, 0.2) is 0 Å². The van der Waals surface area contributed by atoms with Crippen LogP contribution < -0.4 is 5.32 Å². The maximum absolute atomic E-state index is 12.9. The number of anilines is 1. The quantitative estimate of drug-likeness (QED) is 0.516. The molecule has 3 rings (SSSR count). The van der Waals surface area contributed by atoms with Gasteiger partial charge in [0, 0.05) is 4.88 Å². The second-order valence-corrected chi connectivity index (χ2v) is 9.95. The summed E-state index contributed by atoms with van der Waals surface area (Å²) in [7, 11) is 1.36. The van der Waals surface area contributed by atoms with Crippen molar-refractivity contribution in [3.63, 3.8) is 0 Å². The summed E-state index contributed by atoms with van der Waals surface area (Å²) in [5, 5.41) is 3.89. The van der Waals surface area contributed by atoms with Crippen LogP contribution in [0, 0.1) is 11.3 Å².